The van der Waals surface area contributed by atoms with E-state index in [-0.39, 0.29) is 5.75 Å². The van der Waals surface area contributed by atoms with Crippen molar-refractivity contribution < 1.29 is 5.11 Å². The molecule has 3 rings (SSSR count). The van der Waals surface area contributed by atoms with Gasteiger partial charge in [0, 0.05) is 12.2 Å². The van der Waals surface area contributed by atoms with Gasteiger partial charge >= 0.3 is 0 Å². The van der Waals surface area contributed by atoms with Crippen molar-refractivity contribution in [3.05, 3.63) is 41.7 Å². The number of phenolic OH excluding ortho intramolecular Hbond substituents is 1. The van der Waals surface area contributed by atoms with Gasteiger partial charge in [0.2, 0.25) is 0 Å². The van der Waals surface area contributed by atoms with Gasteiger partial charge in [-0.3, -0.25) is 0 Å². The molecule has 1 aromatic heterocycles. The van der Waals surface area contributed by atoms with E-state index in [1.165, 1.54) is 24.1 Å². The van der Waals surface area contributed by atoms with E-state index in [2.05, 4.69) is 17.3 Å². The highest BCUT2D eigenvalue weighted by Gasteiger charge is 2.20. The third kappa shape index (κ3) is 2.36. The lowest BCUT2D eigenvalue weighted by atomic mass is 9.92. The van der Waals surface area contributed by atoms with E-state index in [0.717, 1.165) is 18.8 Å². The molecule has 2 aromatic rings. The van der Waals surface area contributed by atoms with Crippen LogP contribution in [0.2, 0.25) is 0 Å². The zero-order chi connectivity index (χ0) is 13.2. The molecule has 0 bridgehead atoms. The smallest absolute Gasteiger partial charge is 0.115 e. The van der Waals surface area contributed by atoms with Crippen molar-refractivity contribution in [1.29, 1.82) is 0 Å². The van der Waals surface area contributed by atoms with E-state index in [4.69, 9.17) is 0 Å². The van der Waals surface area contributed by atoms with E-state index in [9.17, 15) is 5.11 Å². The minimum atomic E-state index is 0.283. The molecular weight excluding hydrogens is 238 g/mol. The fourth-order valence-corrected chi connectivity index (χ4v) is 2.79. The highest BCUT2D eigenvalue weighted by Crippen LogP contribution is 2.27. The van der Waals surface area contributed by atoms with Gasteiger partial charge in [-0.15, -0.1) is 0 Å². The summed E-state index contributed by atoms with van der Waals surface area (Å²) in [7, 11) is 0. The van der Waals surface area contributed by atoms with Gasteiger partial charge in [0.1, 0.15) is 5.75 Å². The molecule has 100 valence electrons. The van der Waals surface area contributed by atoms with Gasteiger partial charge in [0.25, 0.3) is 0 Å². The zero-order valence-electron chi connectivity index (χ0n) is 11.1. The normalized spacial score (nSPS) is 19.5. The van der Waals surface area contributed by atoms with Gasteiger partial charge in [-0.2, -0.15) is 5.10 Å². The lowest BCUT2D eigenvalue weighted by Gasteiger charge is -2.22. The molecule has 1 atom stereocenters. The lowest BCUT2D eigenvalue weighted by molar-refractivity contribution is 0.460. The van der Waals surface area contributed by atoms with Crippen LogP contribution in [0.4, 0.5) is 0 Å². The minimum absolute atomic E-state index is 0.283. The molecule has 0 radical (unpaired) electrons. The molecule has 0 aliphatic carbocycles. The van der Waals surface area contributed by atoms with Crippen molar-refractivity contribution in [3.8, 4) is 11.4 Å². The van der Waals surface area contributed by atoms with Gasteiger partial charge < -0.3 is 10.4 Å². The molecule has 2 N–H and O–H groups in total. The first-order chi connectivity index (χ1) is 9.25. The van der Waals surface area contributed by atoms with Crippen LogP contribution in [-0.2, 0) is 0 Å². The molecule has 4 heteroatoms. The van der Waals surface area contributed by atoms with Gasteiger partial charge in [-0.1, -0.05) is 0 Å². The summed E-state index contributed by atoms with van der Waals surface area (Å²) < 4.78 is 1.95. The van der Waals surface area contributed by atoms with Crippen molar-refractivity contribution in [2.45, 2.75) is 25.7 Å². The zero-order valence-corrected chi connectivity index (χ0v) is 11.1. The fraction of sp³-hybridized carbons (Fsp3) is 0.400. The molecule has 1 saturated heterocycles. The Balaban J connectivity index is 1.91. The van der Waals surface area contributed by atoms with Gasteiger partial charge in [0.15, 0.2) is 0 Å². The van der Waals surface area contributed by atoms with Crippen molar-refractivity contribution in [2.24, 2.45) is 0 Å². The first-order valence-electron chi connectivity index (χ1n) is 6.80. The first kappa shape index (κ1) is 12.2. The quantitative estimate of drug-likeness (QED) is 0.868. The number of phenols is 1. The topological polar surface area (TPSA) is 50.1 Å². The Hall–Kier alpha value is -1.81. The van der Waals surface area contributed by atoms with Crippen molar-refractivity contribution in [3.63, 3.8) is 0 Å². The molecule has 0 spiro atoms. The Kier molecular flexibility index (Phi) is 3.25. The number of aromatic nitrogens is 2. The lowest BCUT2D eigenvalue weighted by Crippen LogP contribution is -2.28. The molecule has 0 amide bonds. The Morgan fingerprint density at radius 3 is 2.79 bits per heavy atom. The summed E-state index contributed by atoms with van der Waals surface area (Å²) in [5, 5.41) is 17.3. The van der Waals surface area contributed by atoms with Gasteiger partial charge in [-0.05, 0) is 62.1 Å². The maximum absolute atomic E-state index is 9.34. The number of piperidine rings is 1. The first-order valence-corrected chi connectivity index (χ1v) is 6.80. The summed E-state index contributed by atoms with van der Waals surface area (Å²) in [6.07, 6.45) is 4.45. The van der Waals surface area contributed by atoms with Crippen LogP contribution in [0.5, 0.6) is 5.75 Å². The molecule has 1 aliphatic heterocycles. The maximum Gasteiger partial charge on any atom is 0.115 e. The molecule has 1 aromatic carbocycles. The second kappa shape index (κ2) is 5.05. The second-order valence-corrected chi connectivity index (χ2v) is 5.16. The number of benzene rings is 1. The number of nitrogens with one attached hydrogen (secondary N) is 1. The Labute approximate surface area is 113 Å². The molecule has 0 saturated carbocycles. The van der Waals surface area contributed by atoms with Crippen molar-refractivity contribution >= 4 is 0 Å². The third-order valence-electron chi connectivity index (χ3n) is 3.88. The molecule has 1 aliphatic rings. The average molecular weight is 257 g/mol. The van der Waals surface area contributed by atoms with E-state index in [1.807, 2.05) is 23.0 Å². The van der Waals surface area contributed by atoms with Crippen LogP contribution in [0.15, 0.2) is 30.5 Å². The van der Waals surface area contributed by atoms with Crippen molar-refractivity contribution in [2.75, 3.05) is 13.1 Å². The monoisotopic (exact) mass is 257 g/mol. The maximum atomic E-state index is 9.34. The summed E-state index contributed by atoms with van der Waals surface area (Å²) in [5.74, 6) is 0.852. The predicted molar refractivity (Wildman–Crippen MR) is 74.8 cm³/mol. The van der Waals surface area contributed by atoms with Crippen LogP contribution in [-0.4, -0.2) is 28.0 Å². The number of hydrogen-bond donors (Lipinski definition) is 2. The Bertz CT molecular complexity index is 553. The average Bonchev–Trinajstić information content (AvgIpc) is 2.83. The molecule has 4 nitrogen and oxygen atoms in total. The summed E-state index contributed by atoms with van der Waals surface area (Å²) in [6, 6.07) is 7.16. The molecule has 1 unspecified atom stereocenters. The highest BCUT2D eigenvalue weighted by atomic mass is 16.3. The molecular formula is C15H19N3O. The number of nitrogens with zero attached hydrogens (tertiary/aromatic N) is 2. The van der Waals surface area contributed by atoms with Crippen LogP contribution in [0.25, 0.3) is 5.69 Å². The van der Waals surface area contributed by atoms with Crippen LogP contribution in [0.1, 0.15) is 30.0 Å². The number of hydrogen-bond acceptors (Lipinski definition) is 3. The molecule has 1 fully saturated rings. The predicted octanol–water partition coefficient (Wildman–Crippen LogP) is 2.35. The van der Waals surface area contributed by atoms with E-state index in [0.29, 0.717) is 5.92 Å². The van der Waals surface area contributed by atoms with E-state index in [1.54, 1.807) is 12.1 Å². The molecule has 2 heterocycles. The summed E-state index contributed by atoms with van der Waals surface area (Å²) in [5.41, 5.74) is 3.52. The van der Waals surface area contributed by atoms with Gasteiger partial charge in [-0.25, -0.2) is 4.68 Å². The van der Waals surface area contributed by atoms with Crippen LogP contribution < -0.4 is 5.32 Å². The Morgan fingerprint density at radius 2 is 2.11 bits per heavy atom. The van der Waals surface area contributed by atoms with Crippen LogP contribution >= 0.6 is 0 Å². The summed E-state index contributed by atoms with van der Waals surface area (Å²) in [6.45, 7) is 4.29. The SMILES string of the molecule is Cc1c(C2CCCNC2)cnn1-c1ccc(O)cc1. The van der Waals surface area contributed by atoms with E-state index >= 15 is 0 Å². The van der Waals surface area contributed by atoms with Crippen LogP contribution in [0.3, 0.4) is 0 Å². The molecule has 19 heavy (non-hydrogen) atoms. The number of aromatic hydroxyl groups is 1. The standard InChI is InChI=1S/C15H19N3O/c1-11-15(12-3-2-8-16-9-12)10-17-18(11)13-4-6-14(19)7-5-13/h4-7,10,12,16,19H,2-3,8-9H2,1H3. The minimum Gasteiger partial charge on any atom is -0.508 e. The highest BCUT2D eigenvalue weighted by molar-refractivity contribution is 5.39. The second-order valence-electron chi connectivity index (χ2n) is 5.16. The third-order valence-corrected chi connectivity index (χ3v) is 3.88. The Morgan fingerprint density at radius 1 is 1.32 bits per heavy atom. The van der Waals surface area contributed by atoms with E-state index < -0.39 is 0 Å². The largest absolute Gasteiger partial charge is 0.508 e. The number of rotatable bonds is 2. The van der Waals surface area contributed by atoms with Crippen molar-refractivity contribution in [1.82, 2.24) is 15.1 Å². The summed E-state index contributed by atoms with van der Waals surface area (Å²) >= 11 is 0. The van der Waals surface area contributed by atoms with Crippen LogP contribution in [0, 0.1) is 6.92 Å². The summed E-state index contributed by atoms with van der Waals surface area (Å²) in [4.78, 5) is 0. The fourth-order valence-electron chi connectivity index (χ4n) is 2.79. The van der Waals surface area contributed by atoms with Gasteiger partial charge in [0.05, 0.1) is 11.9 Å².